The van der Waals surface area contributed by atoms with Crippen molar-refractivity contribution in [1.82, 2.24) is 5.32 Å². The Balaban J connectivity index is 2.41. The number of para-hydroxylation sites is 1. The molecule has 94 valence electrons. The zero-order chi connectivity index (χ0) is 12.5. The normalized spacial score (nSPS) is 10.0. The first-order valence-corrected chi connectivity index (χ1v) is 5.95. The summed E-state index contributed by atoms with van der Waals surface area (Å²) >= 11 is 0. The molecule has 3 N–H and O–H groups in total. The zero-order valence-electron chi connectivity index (χ0n) is 10.2. The highest BCUT2D eigenvalue weighted by Crippen LogP contribution is 2.13. The summed E-state index contributed by atoms with van der Waals surface area (Å²) < 4.78 is 0. The molecule has 0 spiro atoms. The molecule has 1 amide bonds. The summed E-state index contributed by atoms with van der Waals surface area (Å²) in [6.07, 6.45) is 2.63. The maximum Gasteiger partial charge on any atom is 0.253 e. The van der Waals surface area contributed by atoms with Crippen molar-refractivity contribution in [3.05, 3.63) is 29.8 Å². The van der Waals surface area contributed by atoms with E-state index in [0.717, 1.165) is 24.9 Å². The lowest BCUT2D eigenvalue weighted by Crippen LogP contribution is -2.25. The number of rotatable bonds is 7. The highest BCUT2D eigenvalue weighted by atomic mass is 16.2. The van der Waals surface area contributed by atoms with Crippen molar-refractivity contribution >= 4 is 11.6 Å². The number of anilines is 1. The van der Waals surface area contributed by atoms with E-state index in [9.17, 15) is 4.79 Å². The summed E-state index contributed by atoms with van der Waals surface area (Å²) in [7, 11) is 1.80. The number of aliphatic hydroxyl groups is 1. The first kappa shape index (κ1) is 13.5. The summed E-state index contributed by atoms with van der Waals surface area (Å²) in [5.74, 6) is -0.0565. The Morgan fingerprint density at radius 3 is 2.71 bits per heavy atom. The van der Waals surface area contributed by atoms with Gasteiger partial charge < -0.3 is 15.7 Å². The minimum Gasteiger partial charge on any atom is -0.396 e. The smallest absolute Gasteiger partial charge is 0.253 e. The maximum absolute atomic E-state index is 11.9. The number of nitrogens with one attached hydrogen (secondary N) is 2. The highest BCUT2D eigenvalue weighted by Gasteiger charge is 2.08. The fraction of sp³-hybridized carbons (Fsp3) is 0.462. The van der Waals surface area contributed by atoms with E-state index in [-0.39, 0.29) is 12.5 Å². The topological polar surface area (TPSA) is 61.4 Å². The van der Waals surface area contributed by atoms with Crippen LogP contribution in [0.25, 0.3) is 0 Å². The quantitative estimate of drug-likeness (QED) is 0.630. The van der Waals surface area contributed by atoms with E-state index in [2.05, 4.69) is 10.6 Å². The van der Waals surface area contributed by atoms with E-state index in [1.165, 1.54) is 0 Å². The SMILES string of the molecule is CNc1ccccc1C(=O)NCCCCCO. The number of unbranched alkanes of at least 4 members (excludes halogenated alkanes) is 2. The number of hydrogen-bond donors (Lipinski definition) is 3. The van der Waals surface area contributed by atoms with Gasteiger partial charge in [0.2, 0.25) is 0 Å². The largest absolute Gasteiger partial charge is 0.396 e. The van der Waals surface area contributed by atoms with Crippen molar-refractivity contribution in [2.24, 2.45) is 0 Å². The standard InChI is InChI=1S/C13H20N2O2/c1-14-12-8-4-3-7-11(12)13(17)15-9-5-2-6-10-16/h3-4,7-8,14,16H,2,5-6,9-10H2,1H3,(H,15,17). The molecule has 4 heteroatoms. The summed E-state index contributed by atoms with van der Waals surface area (Å²) in [5, 5.41) is 14.5. The first-order chi connectivity index (χ1) is 8.29. The average molecular weight is 236 g/mol. The fourth-order valence-corrected chi connectivity index (χ4v) is 1.61. The molecule has 4 nitrogen and oxygen atoms in total. The van der Waals surface area contributed by atoms with E-state index in [0.29, 0.717) is 12.1 Å². The second-order valence-corrected chi connectivity index (χ2v) is 3.84. The van der Waals surface area contributed by atoms with Gasteiger partial charge in [-0.05, 0) is 31.4 Å². The lowest BCUT2D eigenvalue weighted by molar-refractivity contribution is 0.0953. The first-order valence-electron chi connectivity index (χ1n) is 5.95. The van der Waals surface area contributed by atoms with Crippen molar-refractivity contribution in [2.45, 2.75) is 19.3 Å². The summed E-state index contributed by atoms with van der Waals surface area (Å²) in [5.41, 5.74) is 1.50. The summed E-state index contributed by atoms with van der Waals surface area (Å²) in [6, 6.07) is 7.42. The third-order valence-electron chi connectivity index (χ3n) is 2.56. The van der Waals surface area contributed by atoms with Gasteiger partial charge >= 0.3 is 0 Å². The van der Waals surface area contributed by atoms with Crippen LogP contribution in [-0.4, -0.2) is 31.2 Å². The van der Waals surface area contributed by atoms with Crippen molar-refractivity contribution in [3.63, 3.8) is 0 Å². The molecule has 0 atom stereocenters. The van der Waals surface area contributed by atoms with E-state index >= 15 is 0 Å². The second kappa shape index (κ2) is 7.68. The van der Waals surface area contributed by atoms with Gasteiger partial charge in [-0.25, -0.2) is 0 Å². The van der Waals surface area contributed by atoms with E-state index in [1.54, 1.807) is 13.1 Å². The molecule has 1 rings (SSSR count). The van der Waals surface area contributed by atoms with Gasteiger partial charge in [0, 0.05) is 25.9 Å². The molecule has 0 saturated carbocycles. The van der Waals surface area contributed by atoms with Gasteiger partial charge in [-0.2, -0.15) is 0 Å². The molecule has 0 aliphatic rings. The van der Waals surface area contributed by atoms with Crippen LogP contribution in [0.2, 0.25) is 0 Å². The third-order valence-corrected chi connectivity index (χ3v) is 2.56. The molecule has 0 radical (unpaired) electrons. The van der Waals surface area contributed by atoms with Crippen LogP contribution >= 0.6 is 0 Å². The molecule has 17 heavy (non-hydrogen) atoms. The molecule has 0 fully saturated rings. The van der Waals surface area contributed by atoms with Crippen LogP contribution in [0, 0.1) is 0 Å². The van der Waals surface area contributed by atoms with Crippen molar-refractivity contribution < 1.29 is 9.90 Å². The van der Waals surface area contributed by atoms with Crippen LogP contribution in [0.15, 0.2) is 24.3 Å². The molecular formula is C13H20N2O2. The predicted molar refractivity (Wildman–Crippen MR) is 69.3 cm³/mol. The van der Waals surface area contributed by atoms with Crippen LogP contribution in [0.1, 0.15) is 29.6 Å². The summed E-state index contributed by atoms with van der Waals surface area (Å²) in [4.78, 5) is 11.9. The molecule has 1 aromatic carbocycles. The number of amides is 1. The number of carbonyl (C=O) groups is 1. The van der Waals surface area contributed by atoms with Gasteiger partial charge in [0.15, 0.2) is 0 Å². The number of aliphatic hydroxyl groups excluding tert-OH is 1. The average Bonchev–Trinajstić information content (AvgIpc) is 2.38. The van der Waals surface area contributed by atoms with E-state index in [4.69, 9.17) is 5.11 Å². The third kappa shape index (κ3) is 4.44. The highest BCUT2D eigenvalue weighted by molar-refractivity contribution is 5.99. The Kier molecular flexibility index (Phi) is 6.10. The van der Waals surface area contributed by atoms with Gasteiger partial charge in [-0.3, -0.25) is 4.79 Å². The van der Waals surface area contributed by atoms with Crippen LogP contribution in [0.3, 0.4) is 0 Å². The Bertz CT molecular complexity index is 353. The van der Waals surface area contributed by atoms with Gasteiger partial charge in [-0.1, -0.05) is 12.1 Å². The molecule has 0 aliphatic carbocycles. The summed E-state index contributed by atoms with van der Waals surface area (Å²) in [6.45, 7) is 0.868. The Morgan fingerprint density at radius 2 is 2.00 bits per heavy atom. The lowest BCUT2D eigenvalue weighted by Gasteiger charge is -2.09. The molecule has 0 unspecified atom stereocenters. The Hall–Kier alpha value is -1.55. The fourth-order valence-electron chi connectivity index (χ4n) is 1.61. The van der Waals surface area contributed by atoms with Crippen molar-refractivity contribution in [1.29, 1.82) is 0 Å². The predicted octanol–water partition coefficient (Wildman–Crippen LogP) is 1.62. The molecule has 0 bridgehead atoms. The zero-order valence-corrected chi connectivity index (χ0v) is 10.2. The van der Waals surface area contributed by atoms with Gasteiger partial charge in [0.1, 0.15) is 0 Å². The maximum atomic E-state index is 11.9. The number of hydrogen-bond acceptors (Lipinski definition) is 3. The van der Waals surface area contributed by atoms with Crippen molar-refractivity contribution in [3.8, 4) is 0 Å². The minimum absolute atomic E-state index is 0.0565. The van der Waals surface area contributed by atoms with Gasteiger partial charge in [0.25, 0.3) is 5.91 Å². The van der Waals surface area contributed by atoms with Crippen LogP contribution in [0.4, 0.5) is 5.69 Å². The minimum atomic E-state index is -0.0565. The van der Waals surface area contributed by atoms with Crippen LogP contribution in [0.5, 0.6) is 0 Å². The lowest BCUT2D eigenvalue weighted by atomic mass is 10.1. The van der Waals surface area contributed by atoms with Gasteiger partial charge in [0.05, 0.1) is 5.56 Å². The molecule has 0 aromatic heterocycles. The molecular weight excluding hydrogens is 216 g/mol. The van der Waals surface area contributed by atoms with E-state index in [1.807, 2.05) is 18.2 Å². The molecule has 0 heterocycles. The van der Waals surface area contributed by atoms with Crippen LogP contribution in [-0.2, 0) is 0 Å². The number of carbonyl (C=O) groups excluding carboxylic acids is 1. The van der Waals surface area contributed by atoms with Crippen molar-refractivity contribution in [2.75, 3.05) is 25.5 Å². The number of benzene rings is 1. The van der Waals surface area contributed by atoms with Gasteiger partial charge in [-0.15, -0.1) is 0 Å². The van der Waals surface area contributed by atoms with Crippen LogP contribution < -0.4 is 10.6 Å². The molecule has 1 aromatic rings. The van der Waals surface area contributed by atoms with E-state index < -0.39 is 0 Å². The Morgan fingerprint density at radius 1 is 1.24 bits per heavy atom. The molecule has 0 saturated heterocycles. The molecule has 0 aliphatic heterocycles. The second-order valence-electron chi connectivity index (χ2n) is 3.84. The Labute approximate surface area is 102 Å². The monoisotopic (exact) mass is 236 g/mol.